The highest BCUT2D eigenvalue weighted by atomic mass is 17.1. The van der Waals surface area contributed by atoms with Crippen LogP contribution in [0.2, 0.25) is 0 Å². The summed E-state index contributed by atoms with van der Waals surface area (Å²) in [7, 11) is 0. The number of ketones is 1. The molecule has 1 saturated carbocycles. The van der Waals surface area contributed by atoms with Crippen LogP contribution in [0.15, 0.2) is 47.6 Å². The zero-order valence-corrected chi connectivity index (χ0v) is 20.7. The number of hydrogen-bond donors (Lipinski definition) is 1. The highest BCUT2D eigenvalue weighted by molar-refractivity contribution is 5.92. The second-order valence-corrected chi connectivity index (χ2v) is 11.8. The van der Waals surface area contributed by atoms with Crippen LogP contribution >= 0.6 is 0 Å². The topological polar surface area (TPSA) is 46.5 Å². The molecule has 1 fully saturated rings. The first-order chi connectivity index (χ1) is 15.1. The van der Waals surface area contributed by atoms with Gasteiger partial charge in [-0.05, 0) is 96.7 Å². The minimum absolute atomic E-state index is 0.120. The molecule has 0 aromatic rings. The van der Waals surface area contributed by atoms with Gasteiger partial charge in [-0.2, -0.15) is 0 Å². The van der Waals surface area contributed by atoms with Crippen LogP contribution in [0.4, 0.5) is 0 Å². The van der Waals surface area contributed by atoms with Gasteiger partial charge in [0.25, 0.3) is 0 Å². The van der Waals surface area contributed by atoms with Gasteiger partial charge >= 0.3 is 0 Å². The average Bonchev–Trinajstić information content (AvgIpc) is 3.12. The fraction of sp³-hybridized carbons (Fsp3) is 0.690. The zero-order chi connectivity index (χ0) is 23.3. The van der Waals surface area contributed by atoms with Gasteiger partial charge in [-0.25, -0.2) is 4.89 Å². The Balaban J connectivity index is 1.59. The first kappa shape index (κ1) is 23.7. The summed E-state index contributed by atoms with van der Waals surface area (Å²) in [5, 5.41) is 9.62. The van der Waals surface area contributed by atoms with E-state index in [0.717, 1.165) is 19.3 Å². The van der Waals surface area contributed by atoms with Crippen LogP contribution in [0.25, 0.3) is 0 Å². The largest absolute Gasteiger partial charge is 0.295 e. The predicted molar refractivity (Wildman–Crippen MR) is 130 cm³/mol. The SMILES string of the molecule is C=C[C@@](CC[C@@H](C)[C@H]1CCC2=C3C=CC4=CC(=O)CC[C@]4(C)[C@H]3CC[C@@]21C)(OO)C(C)C. The molecule has 4 rings (SSSR count). The Hall–Kier alpha value is -1.45. The van der Waals surface area contributed by atoms with Crippen molar-refractivity contribution in [3.63, 3.8) is 0 Å². The minimum atomic E-state index is -0.658. The molecular weight excluding hydrogens is 396 g/mol. The van der Waals surface area contributed by atoms with E-state index in [0.29, 0.717) is 24.2 Å². The van der Waals surface area contributed by atoms with E-state index in [1.54, 1.807) is 17.2 Å². The number of hydrogen-bond acceptors (Lipinski definition) is 3. The van der Waals surface area contributed by atoms with Crippen LogP contribution in [-0.4, -0.2) is 16.6 Å². The van der Waals surface area contributed by atoms with Crippen LogP contribution in [-0.2, 0) is 9.68 Å². The normalized spacial score (nSPS) is 36.8. The Labute approximate surface area is 194 Å². The molecule has 0 aliphatic heterocycles. The molecule has 3 nitrogen and oxygen atoms in total. The third-order valence-electron chi connectivity index (χ3n) is 10.1. The van der Waals surface area contributed by atoms with Crippen molar-refractivity contribution in [3.05, 3.63) is 47.6 Å². The molecule has 4 aliphatic carbocycles. The third-order valence-corrected chi connectivity index (χ3v) is 10.1. The van der Waals surface area contributed by atoms with Gasteiger partial charge in [0.2, 0.25) is 0 Å². The van der Waals surface area contributed by atoms with Crippen molar-refractivity contribution >= 4 is 5.78 Å². The Bertz CT molecular complexity index is 877. The molecule has 0 saturated heterocycles. The highest BCUT2D eigenvalue weighted by Crippen LogP contribution is 2.63. The van der Waals surface area contributed by atoms with Gasteiger partial charge in [-0.15, -0.1) is 6.58 Å². The summed E-state index contributed by atoms with van der Waals surface area (Å²) in [6.45, 7) is 15.4. The Morgan fingerprint density at radius 2 is 1.94 bits per heavy atom. The molecular formula is C29H42O3. The summed E-state index contributed by atoms with van der Waals surface area (Å²) in [4.78, 5) is 17.0. The van der Waals surface area contributed by atoms with Gasteiger partial charge in [-0.3, -0.25) is 10.1 Å². The Kier molecular flexibility index (Phi) is 6.22. The number of rotatable bonds is 7. The van der Waals surface area contributed by atoms with Crippen molar-refractivity contribution < 1.29 is 14.9 Å². The van der Waals surface area contributed by atoms with E-state index in [1.807, 2.05) is 6.08 Å². The van der Waals surface area contributed by atoms with Gasteiger partial charge in [0.1, 0.15) is 5.60 Å². The van der Waals surface area contributed by atoms with E-state index in [9.17, 15) is 10.1 Å². The van der Waals surface area contributed by atoms with Crippen molar-refractivity contribution in [2.75, 3.05) is 0 Å². The van der Waals surface area contributed by atoms with Crippen molar-refractivity contribution in [3.8, 4) is 0 Å². The fourth-order valence-electron chi connectivity index (χ4n) is 7.74. The number of fused-ring (bicyclic) bond motifs is 4. The molecule has 0 aromatic heterocycles. The summed E-state index contributed by atoms with van der Waals surface area (Å²) in [5.41, 5.74) is 4.25. The monoisotopic (exact) mass is 438 g/mol. The number of allylic oxidation sites excluding steroid dienone is 6. The maximum absolute atomic E-state index is 12.0. The Morgan fingerprint density at radius 1 is 1.19 bits per heavy atom. The molecule has 0 unspecified atom stereocenters. The van der Waals surface area contributed by atoms with E-state index in [4.69, 9.17) is 4.89 Å². The molecule has 0 amide bonds. The summed E-state index contributed by atoms with van der Waals surface area (Å²) >= 11 is 0. The lowest BCUT2D eigenvalue weighted by atomic mass is 9.53. The molecule has 0 aromatic carbocycles. The van der Waals surface area contributed by atoms with Gasteiger partial charge < -0.3 is 0 Å². The van der Waals surface area contributed by atoms with Crippen LogP contribution in [0.3, 0.4) is 0 Å². The lowest BCUT2D eigenvalue weighted by Gasteiger charge is -2.51. The van der Waals surface area contributed by atoms with Gasteiger partial charge in [-0.1, -0.05) is 58.4 Å². The summed E-state index contributed by atoms with van der Waals surface area (Å²) in [5.74, 6) is 2.25. The van der Waals surface area contributed by atoms with E-state index in [2.05, 4.69) is 53.3 Å². The zero-order valence-electron chi connectivity index (χ0n) is 20.7. The van der Waals surface area contributed by atoms with Gasteiger partial charge in [0, 0.05) is 6.42 Å². The summed E-state index contributed by atoms with van der Waals surface area (Å²) in [6.07, 6.45) is 16.7. The second kappa shape index (κ2) is 8.40. The Morgan fingerprint density at radius 3 is 2.59 bits per heavy atom. The molecule has 0 heterocycles. The average molecular weight is 439 g/mol. The number of carbonyl (C=O) groups excluding carboxylic acids is 1. The highest BCUT2D eigenvalue weighted by Gasteiger charge is 2.53. The van der Waals surface area contributed by atoms with Crippen molar-refractivity contribution in [1.82, 2.24) is 0 Å². The van der Waals surface area contributed by atoms with Crippen molar-refractivity contribution in [2.45, 2.75) is 91.6 Å². The fourth-order valence-corrected chi connectivity index (χ4v) is 7.74. The first-order valence-electron chi connectivity index (χ1n) is 12.7. The van der Waals surface area contributed by atoms with Gasteiger partial charge in [0.05, 0.1) is 0 Å². The summed E-state index contributed by atoms with van der Waals surface area (Å²) < 4.78 is 0. The summed E-state index contributed by atoms with van der Waals surface area (Å²) in [6, 6.07) is 0. The first-order valence-corrected chi connectivity index (χ1v) is 12.7. The smallest absolute Gasteiger partial charge is 0.156 e. The lowest BCUT2D eigenvalue weighted by molar-refractivity contribution is -0.321. The van der Waals surface area contributed by atoms with Gasteiger partial charge in [0.15, 0.2) is 5.78 Å². The molecule has 176 valence electrons. The van der Waals surface area contributed by atoms with Crippen LogP contribution in [0.1, 0.15) is 86.0 Å². The maximum atomic E-state index is 12.0. The second-order valence-electron chi connectivity index (χ2n) is 11.8. The van der Waals surface area contributed by atoms with Crippen molar-refractivity contribution in [1.29, 1.82) is 0 Å². The molecule has 0 radical (unpaired) electrons. The maximum Gasteiger partial charge on any atom is 0.156 e. The lowest BCUT2D eigenvalue weighted by Crippen LogP contribution is -2.42. The third kappa shape index (κ3) is 3.51. The van der Waals surface area contributed by atoms with E-state index < -0.39 is 5.60 Å². The van der Waals surface area contributed by atoms with Crippen LogP contribution < -0.4 is 0 Å². The predicted octanol–water partition coefficient (Wildman–Crippen LogP) is 7.46. The molecule has 4 aliphatic rings. The molecule has 1 N–H and O–H groups in total. The molecule has 6 atom stereocenters. The standard InChI is InChI=1S/C29H42O3/c1-7-29(32-31,19(2)3)17-12-20(4)24-10-11-25-23-9-8-21-18-22(30)13-15-27(21,5)26(23)14-16-28(24,25)6/h7-9,18-20,24,26,31H,1,10-17H2,2-6H3/t20-,24-,26+,27+,28-,29+/m1/s1. The van der Waals surface area contributed by atoms with Crippen LogP contribution in [0, 0.1) is 34.5 Å². The minimum Gasteiger partial charge on any atom is -0.295 e. The molecule has 32 heavy (non-hydrogen) atoms. The van der Waals surface area contributed by atoms with E-state index in [1.165, 1.54) is 31.3 Å². The quantitative estimate of drug-likeness (QED) is 0.255. The van der Waals surface area contributed by atoms with E-state index in [-0.39, 0.29) is 22.5 Å². The molecule has 0 bridgehead atoms. The van der Waals surface area contributed by atoms with E-state index >= 15 is 0 Å². The van der Waals surface area contributed by atoms with Crippen molar-refractivity contribution in [2.24, 2.45) is 34.5 Å². The number of carbonyl (C=O) groups is 1. The molecule has 3 heteroatoms. The van der Waals surface area contributed by atoms with Crippen LogP contribution in [0.5, 0.6) is 0 Å². The molecule has 0 spiro atoms.